The van der Waals surface area contributed by atoms with E-state index in [0.717, 1.165) is 24.3 Å². The van der Waals surface area contributed by atoms with E-state index >= 15 is 8.78 Å². The molecule has 0 aliphatic rings. The van der Waals surface area contributed by atoms with E-state index in [0.29, 0.717) is 10.5 Å². The number of nitrogens with two attached hydrogens (primary N) is 2. The standard InChI is InChI=1S/C25H23F4N5O4/c1-2-38-23(22-18(28)5-13(6-19(22)29)12-3-4-20(30)33-9-12)25(37)34(11-21(35)36)10-15-16(26)7-14(24(31)32)8-17(15)27/h3-9,23H,2,10-11H2,1H3,(H2,30,33)(H3,31,32)(H,35,36). The van der Waals surface area contributed by atoms with Gasteiger partial charge in [-0.1, -0.05) is 0 Å². The lowest BCUT2D eigenvalue weighted by molar-refractivity contribution is -0.152. The highest BCUT2D eigenvalue weighted by Gasteiger charge is 2.34. The number of aromatic nitrogens is 1. The van der Waals surface area contributed by atoms with E-state index in [-0.39, 0.29) is 23.6 Å². The Morgan fingerprint density at radius 3 is 2.13 bits per heavy atom. The zero-order valence-electron chi connectivity index (χ0n) is 20.0. The number of amidine groups is 1. The van der Waals surface area contributed by atoms with Crippen LogP contribution in [0.1, 0.15) is 29.7 Å². The van der Waals surface area contributed by atoms with E-state index in [9.17, 15) is 23.5 Å². The third-order valence-corrected chi connectivity index (χ3v) is 5.46. The largest absolute Gasteiger partial charge is 0.480 e. The predicted octanol–water partition coefficient (Wildman–Crippen LogP) is 3.36. The molecule has 1 unspecified atom stereocenters. The number of amides is 1. The van der Waals surface area contributed by atoms with Gasteiger partial charge in [-0.05, 0) is 48.9 Å². The number of benzene rings is 2. The highest BCUT2D eigenvalue weighted by atomic mass is 19.1. The summed E-state index contributed by atoms with van der Waals surface area (Å²) < 4.78 is 65.0. The number of rotatable bonds is 10. The summed E-state index contributed by atoms with van der Waals surface area (Å²) in [5, 5.41) is 16.6. The number of nitrogen functional groups attached to an aromatic ring is 2. The number of hydrogen-bond donors (Lipinski definition) is 4. The number of nitrogens with zero attached hydrogens (tertiary/aromatic N) is 2. The van der Waals surface area contributed by atoms with Crippen molar-refractivity contribution in [2.75, 3.05) is 18.9 Å². The van der Waals surface area contributed by atoms with Gasteiger partial charge < -0.3 is 26.2 Å². The quantitative estimate of drug-likeness (QED) is 0.177. The van der Waals surface area contributed by atoms with Gasteiger partial charge in [-0.3, -0.25) is 15.0 Å². The first-order valence-electron chi connectivity index (χ1n) is 11.1. The molecule has 0 saturated heterocycles. The van der Waals surface area contributed by atoms with Crippen LogP contribution in [0.3, 0.4) is 0 Å². The van der Waals surface area contributed by atoms with E-state index in [1.807, 2.05) is 0 Å². The maximum Gasteiger partial charge on any atom is 0.323 e. The average molecular weight is 533 g/mol. The van der Waals surface area contributed by atoms with Crippen LogP contribution in [0.5, 0.6) is 0 Å². The first kappa shape index (κ1) is 28.1. The predicted molar refractivity (Wildman–Crippen MR) is 129 cm³/mol. The molecule has 200 valence electrons. The fraction of sp³-hybridized carbons (Fsp3) is 0.200. The van der Waals surface area contributed by atoms with Crippen LogP contribution in [0.2, 0.25) is 0 Å². The summed E-state index contributed by atoms with van der Waals surface area (Å²) in [5.74, 6) is -7.99. The molecule has 6 N–H and O–H groups in total. The summed E-state index contributed by atoms with van der Waals surface area (Å²) in [6.45, 7) is -0.751. The lowest BCUT2D eigenvalue weighted by atomic mass is 10.00. The molecule has 0 bridgehead atoms. The van der Waals surface area contributed by atoms with Crippen molar-refractivity contribution >= 4 is 23.5 Å². The third kappa shape index (κ3) is 6.24. The second-order valence-electron chi connectivity index (χ2n) is 8.08. The molecular weight excluding hydrogens is 510 g/mol. The Morgan fingerprint density at radius 2 is 1.66 bits per heavy atom. The van der Waals surface area contributed by atoms with Gasteiger partial charge in [-0.2, -0.15) is 0 Å². The molecule has 0 saturated carbocycles. The van der Waals surface area contributed by atoms with Crippen molar-refractivity contribution < 1.29 is 37.0 Å². The fourth-order valence-corrected chi connectivity index (χ4v) is 3.66. The lowest BCUT2D eigenvalue weighted by Crippen LogP contribution is -2.40. The molecule has 3 aromatic rings. The van der Waals surface area contributed by atoms with Crippen molar-refractivity contribution in [2.45, 2.75) is 19.6 Å². The number of carboxylic acid groups (broad SMARTS) is 1. The summed E-state index contributed by atoms with van der Waals surface area (Å²) in [5.41, 5.74) is 9.39. The van der Waals surface area contributed by atoms with Gasteiger partial charge in [-0.15, -0.1) is 0 Å². The van der Waals surface area contributed by atoms with Crippen LogP contribution in [-0.2, 0) is 20.9 Å². The maximum atomic E-state index is 15.2. The lowest BCUT2D eigenvalue weighted by Gasteiger charge is -2.27. The molecule has 3 rings (SSSR count). The highest BCUT2D eigenvalue weighted by Crippen LogP contribution is 2.31. The first-order chi connectivity index (χ1) is 17.9. The van der Waals surface area contributed by atoms with Gasteiger partial charge in [0.25, 0.3) is 5.91 Å². The van der Waals surface area contributed by atoms with Crippen molar-refractivity contribution in [1.29, 1.82) is 5.41 Å². The van der Waals surface area contributed by atoms with Gasteiger partial charge in [-0.25, -0.2) is 22.5 Å². The van der Waals surface area contributed by atoms with Gasteiger partial charge >= 0.3 is 5.97 Å². The molecule has 0 aliphatic carbocycles. The number of carbonyl (C=O) groups excluding carboxylic acids is 1. The number of pyridine rings is 1. The van der Waals surface area contributed by atoms with E-state index in [1.54, 1.807) is 0 Å². The minimum atomic E-state index is -1.97. The molecule has 1 atom stereocenters. The number of carboxylic acids is 1. The number of carbonyl (C=O) groups is 2. The van der Waals surface area contributed by atoms with Gasteiger partial charge in [0, 0.05) is 29.5 Å². The number of nitrogens with one attached hydrogen (secondary N) is 1. The number of halogens is 4. The average Bonchev–Trinajstić information content (AvgIpc) is 2.84. The van der Waals surface area contributed by atoms with Crippen LogP contribution in [0, 0.1) is 28.7 Å². The Balaban J connectivity index is 2.02. The van der Waals surface area contributed by atoms with Gasteiger partial charge in [0.15, 0.2) is 6.10 Å². The molecule has 13 heteroatoms. The second-order valence-corrected chi connectivity index (χ2v) is 8.08. The van der Waals surface area contributed by atoms with Crippen molar-refractivity contribution in [3.63, 3.8) is 0 Å². The number of anilines is 1. The number of ether oxygens (including phenoxy) is 1. The molecule has 0 spiro atoms. The summed E-state index contributed by atoms with van der Waals surface area (Å²) in [7, 11) is 0. The molecule has 1 heterocycles. The highest BCUT2D eigenvalue weighted by molar-refractivity contribution is 5.95. The van der Waals surface area contributed by atoms with Gasteiger partial charge in [0.05, 0.1) is 12.1 Å². The normalized spacial score (nSPS) is 11.7. The molecule has 0 radical (unpaired) electrons. The van der Waals surface area contributed by atoms with Crippen molar-refractivity contribution in [2.24, 2.45) is 5.73 Å². The molecule has 1 amide bonds. The molecule has 1 aromatic heterocycles. The second kappa shape index (κ2) is 11.7. The number of hydrogen-bond acceptors (Lipinski definition) is 6. The monoisotopic (exact) mass is 533 g/mol. The molecular formula is C25H23F4N5O4. The van der Waals surface area contributed by atoms with E-state index < -0.39 is 71.3 Å². The van der Waals surface area contributed by atoms with E-state index in [1.165, 1.54) is 25.3 Å². The summed E-state index contributed by atoms with van der Waals surface area (Å²) in [6, 6.07) is 6.27. The molecule has 9 nitrogen and oxygen atoms in total. The fourth-order valence-electron chi connectivity index (χ4n) is 3.66. The smallest absolute Gasteiger partial charge is 0.323 e. The summed E-state index contributed by atoms with van der Waals surface area (Å²) >= 11 is 0. The Labute approximate surface area is 214 Å². The van der Waals surface area contributed by atoms with Crippen LogP contribution in [0.15, 0.2) is 42.6 Å². The van der Waals surface area contributed by atoms with E-state index in [2.05, 4.69) is 4.98 Å². The third-order valence-electron chi connectivity index (χ3n) is 5.46. The molecule has 2 aromatic carbocycles. The zero-order valence-corrected chi connectivity index (χ0v) is 20.0. The van der Waals surface area contributed by atoms with Crippen LogP contribution in [0.4, 0.5) is 23.4 Å². The Kier molecular flexibility index (Phi) is 8.63. The topological polar surface area (TPSA) is 156 Å². The van der Waals surface area contributed by atoms with Gasteiger partial charge in [0.2, 0.25) is 0 Å². The summed E-state index contributed by atoms with van der Waals surface area (Å²) in [6.07, 6.45) is -0.677. The van der Waals surface area contributed by atoms with Crippen LogP contribution in [-0.4, -0.2) is 45.9 Å². The Hall–Kier alpha value is -4.52. The van der Waals surface area contributed by atoms with Crippen molar-refractivity contribution in [3.05, 3.63) is 82.6 Å². The minimum Gasteiger partial charge on any atom is -0.480 e. The first-order valence-corrected chi connectivity index (χ1v) is 11.1. The van der Waals surface area contributed by atoms with Crippen LogP contribution < -0.4 is 11.5 Å². The molecule has 38 heavy (non-hydrogen) atoms. The maximum absolute atomic E-state index is 15.2. The van der Waals surface area contributed by atoms with Crippen molar-refractivity contribution in [3.8, 4) is 11.1 Å². The summed E-state index contributed by atoms with van der Waals surface area (Å²) in [4.78, 5) is 29.2. The Morgan fingerprint density at radius 1 is 1.05 bits per heavy atom. The molecule has 0 aliphatic heterocycles. The zero-order chi connectivity index (χ0) is 28.1. The van der Waals surface area contributed by atoms with Crippen LogP contribution in [0.25, 0.3) is 11.1 Å². The Bertz CT molecular complexity index is 1340. The van der Waals surface area contributed by atoms with E-state index in [4.69, 9.17) is 21.6 Å². The minimum absolute atomic E-state index is 0.0797. The number of aliphatic carboxylic acids is 1. The van der Waals surface area contributed by atoms with Gasteiger partial charge in [0.1, 0.15) is 41.5 Å². The van der Waals surface area contributed by atoms with Crippen molar-refractivity contribution in [1.82, 2.24) is 9.88 Å². The molecule has 0 fully saturated rings. The van der Waals surface area contributed by atoms with Crippen LogP contribution >= 0.6 is 0 Å². The SMILES string of the molecule is CCOC(C(=O)N(CC(=O)O)Cc1c(F)cc(C(=N)N)cc1F)c1c(F)cc(-c2ccc(N)nc2)cc1F.